The molecule has 1 atom stereocenters. The normalized spacial score (nSPS) is 15.7. The summed E-state index contributed by atoms with van der Waals surface area (Å²) >= 11 is 0. The average molecular weight is 461 g/mol. The molecule has 34 heavy (non-hydrogen) atoms. The fourth-order valence-corrected chi connectivity index (χ4v) is 4.50. The van der Waals surface area contributed by atoms with Crippen LogP contribution in [0.2, 0.25) is 0 Å². The highest BCUT2D eigenvalue weighted by Crippen LogP contribution is 2.24. The molecule has 7 heteroatoms. The molecule has 0 bridgehead atoms. The second kappa shape index (κ2) is 10.1. The zero-order valence-electron chi connectivity index (χ0n) is 20.1. The predicted molar refractivity (Wildman–Crippen MR) is 133 cm³/mol. The van der Waals surface area contributed by atoms with Crippen LogP contribution in [0, 0.1) is 12.8 Å². The number of nitrogens with one attached hydrogen (secondary N) is 1. The van der Waals surface area contributed by atoms with Gasteiger partial charge in [-0.3, -0.25) is 14.4 Å². The highest BCUT2D eigenvalue weighted by molar-refractivity contribution is 5.98. The van der Waals surface area contributed by atoms with Gasteiger partial charge in [0.05, 0.1) is 5.92 Å². The lowest BCUT2D eigenvalue weighted by Gasteiger charge is -2.19. The summed E-state index contributed by atoms with van der Waals surface area (Å²) in [5.41, 5.74) is 3.87. The molecule has 1 aliphatic heterocycles. The van der Waals surface area contributed by atoms with Gasteiger partial charge in [0.15, 0.2) is 0 Å². The molecule has 0 aliphatic carbocycles. The number of hydrogen-bond donors (Lipinski definition) is 1. The summed E-state index contributed by atoms with van der Waals surface area (Å²) in [6.07, 6.45) is 2.13. The number of likely N-dealkylation sites (tertiary alicyclic amines) is 1. The van der Waals surface area contributed by atoms with Crippen molar-refractivity contribution >= 4 is 34.3 Å². The Kier molecular flexibility index (Phi) is 7.01. The van der Waals surface area contributed by atoms with Gasteiger partial charge in [-0.25, -0.2) is 0 Å². The van der Waals surface area contributed by atoms with Gasteiger partial charge in [-0.2, -0.15) is 0 Å². The van der Waals surface area contributed by atoms with Crippen molar-refractivity contribution in [2.24, 2.45) is 5.92 Å². The first-order valence-electron chi connectivity index (χ1n) is 11.9. The summed E-state index contributed by atoms with van der Waals surface area (Å²) in [6, 6.07) is 15.7. The first-order chi connectivity index (χ1) is 16.4. The summed E-state index contributed by atoms with van der Waals surface area (Å²) in [5.74, 6) is -0.424. The van der Waals surface area contributed by atoms with Gasteiger partial charge in [-0.15, -0.1) is 0 Å². The number of aryl methyl sites for hydroxylation is 1. The molecule has 178 valence electrons. The summed E-state index contributed by atoms with van der Waals surface area (Å²) < 4.78 is 1.93. The minimum absolute atomic E-state index is 0.00567. The van der Waals surface area contributed by atoms with Crippen molar-refractivity contribution in [2.75, 3.05) is 25.0 Å². The zero-order valence-corrected chi connectivity index (χ0v) is 20.1. The highest BCUT2D eigenvalue weighted by Gasteiger charge is 2.34. The maximum atomic E-state index is 12.9. The molecule has 1 unspecified atom stereocenters. The van der Waals surface area contributed by atoms with Gasteiger partial charge in [0.1, 0.15) is 6.54 Å². The Labute approximate surface area is 200 Å². The number of hydrogen-bond acceptors (Lipinski definition) is 3. The van der Waals surface area contributed by atoms with E-state index in [1.54, 1.807) is 4.90 Å². The van der Waals surface area contributed by atoms with Gasteiger partial charge < -0.3 is 19.7 Å². The van der Waals surface area contributed by atoms with E-state index in [0.29, 0.717) is 31.9 Å². The maximum absolute atomic E-state index is 12.9. The monoisotopic (exact) mass is 460 g/mol. The molecule has 1 aromatic heterocycles. The molecular weight excluding hydrogens is 428 g/mol. The number of aromatic nitrogens is 1. The van der Waals surface area contributed by atoms with E-state index in [0.717, 1.165) is 16.5 Å². The third kappa shape index (κ3) is 5.14. The number of carbonyl (C=O) groups excluding carboxylic acids is 3. The first-order valence-corrected chi connectivity index (χ1v) is 11.9. The molecule has 1 aliphatic rings. The lowest BCUT2D eigenvalue weighted by atomic mass is 10.1. The Bertz CT molecular complexity index is 1190. The number of amides is 3. The average Bonchev–Trinajstić information content (AvgIpc) is 3.39. The van der Waals surface area contributed by atoms with Crippen LogP contribution < -0.4 is 5.32 Å². The van der Waals surface area contributed by atoms with Crippen LogP contribution >= 0.6 is 0 Å². The van der Waals surface area contributed by atoms with E-state index in [2.05, 4.69) is 5.32 Å². The number of likely N-dealkylation sites (N-methyl/N-ethyl adjacent to an activating group) is 1. The number of carbonyl (C=O) groups is 3. The van der Waals surface area contributed by atoms with Crippen LogP contribution in [0.4, 0.5) is 5.69 Å². The fraction of sp³-hybridized carbons (Fsp3) is 0.370. The molecule has 0 spiro atoms. The van der Waals surface area contributed by atoms with E-state index in [4.69, 9.17) is 0 Å². The molecule has 2 aromatic carbocycles. The van der Waals surface area contributed by atoms with Crippen molar-refractivity contribution in [1.29, 1.82) is 0 Å². The van der Waals surface area contributed by atoms with Crippen molar-refractivity contribution in [3.63, 3.8) is 0 Å². The number of benzene rings is 2. The van der Waals surface area contributed by atoms with Crippen LogP contribution in [0.15, 0.2) is 54.7 Å². The third-order valence-corrected chi connectivity index (χ3v) is 6.54. The van der Waals surface area contributed by atoms with Crippen molar-refractivity contribution in [2.45, 2.75) is 40.3 Å². The van der Waals surface area contributed by atoms with Gasteiger partial charge in [0.2, 0.25) is 17.7 Å². The fourth-order valence-electron chi connectivity index (χ4n) is 4.50. The maximum Gasteiger partial charge on any atom is 0.242 e. The van der Waals surface area contributed by atoms with Crippen molar-refractivity contribution in [1.82, 2.24) is 14.4 Å². The van der Waals surface area contributed by atoms with E-state index < -0.39 is 0 Å². The molecule has 4 rings (SSSR count). The molecule has 0 saturated carbocycles. The Morgan fingerprint density at radius 2 is 1.79 bits per heavy atom. The lowest BCUT2D eigenvalue weighted by molar-refractivity contribution is -0.131. The van der Waals surface area contributed by atoms with Crippen molar-refractivity contribution < 1.29 is 14.4 Å². The second-order valence-electron chi connectivity index (χ2n) is 8.93. The van der Waals surface area contributed by atoms with Crippen LogP contribution in [-0.2, 0) is 27.5 Å². The van der Waals surface area contributed by atoms with Gasteiger partial charge in [0, 0.05) is 55.4 Å². The molecule has 1 saturated heterocycles. The van der Waals surface area contributed by atoms with Crippen LogP contribution in [0.3, 0.4) is 0 Å². The Balaban J connectivity index is 1.38. The van der Waals surface area contributed by atoms with Crippen molar-refractivity contribution in [3.8, 4) is 0 Å². The van der Waals surface area contributed by atoms with Crippen LogP contribution in [0.1, 0.15) is 31.4 Å². The Hall–Kier alpha value is -3.61. The molecular formula is C27H32N4O3. The van der Waals surface area contributed by atoms with Gasteiger partial charge in [-0.05, 0) is 50.6 Å². The van der Waals surface area contributed by atoms with E-state index in [1.165, 1.54) is 5.56 Å². The molecule has 3 amide bonds. The minimum Gasteiger partial charge on any atom is -0.342 e. The van der Waals surface area contributed by atoms with Gasteiger partial charge >= 0.3 is 0 Å². The quantitative estimate of drug-likeness (QED) is 0.556. The molecule has 3 aromatic rings. The smallest absolute Gasteiger partial charge is 0.242 e. The van der Waals surface area contributed by atoms with Gasteiger partial charge in [-0.1, -0.05) is 29.8 Å². The minimum atomic E-state index is -0.370. The van der Waals surface area contributed by atoms with E-state index in [1.807, 2.05) is 85.0 Å². The topological polar surface area (TPSA) is 74.6 Å². The predicted octanol–water partition coefficient (Wildman–Crippen LogP) is 3.81. The number of nitrogens with zero attached hydrogens (tertiary/aromatic N) is 3. The molecule has 2 heterocycles. The SMILES string of the molecule is CCN(CC)C(=O)Cn1ccc2cc(NC(=O)C3CC(=O)N(Cc4ccc(C)cc4)C3)ccc21. The highest BCUT2D eigenvalue weighted by atomic mass is 16.2. The third-order valence-electron chi connectivity index (χ3n) is 6.54. The number of rotatable bonds is 8. The zero-order chi connectivity index (χ0) is 24.2. The first kappa shape index (κ1) is 23.5. The van der Waals surface area contributed by atoms with Gasteiger partial charge in [0.25, 0.3) is 0 Å². The molecule has 0 radical (unpaired) electrons. The standard InChI is InChI=1S/C27H32N4O3/c1-4-29(5-2)26(33)18-30-13-12-21-14-23(10-11-24(21)30)28-27(34)22-15-25(32)31(17-22)16-20-8-6-19(3)7-9-20/h6-14,22H,4-5,15-18H2,1-3H3,(H,28,34). The number of fused-ring (bicyclic) bond motifs is 1. The Morgan fingerprint density at radius 3 is 2.50 bits per heavy atom. The van der Waals surface area contributed by atoms with Crippen molar-refractivity contribution in [3.05, 3.63) is 65.9 Å². The largest absolute Gasteiger partial charge is 0.342 e. The number of anilines is 1. The molecule has 1 fully saturated rings. The van der Waals surface area contributed by atoms with Crippen LogP contribution in [0.25, 0.3) is 10.9 Å². The van der Waals surface area contributed by atoms with Crippen LogP contribution in [0.5, 0.6) is 0 Å². The second-order valence-corrected chi connectivity index (χ2v) is 8.93. The summed E-state index contributed by atoms with van der Waals surface area (Å²) in [7, 11) is 0. The summed E-state index contributed by atoms with van der Waals surface area (Å²) in [6.45, 7) is 8.60. The lowest BCUT2D eigenvalue weighted by Crippen LogP contribution is -2.33. The summed E-state index contributed by atoms with van der Waals surface area (Å²) in [4.78, 5) is 41.4. The van der Waals surface area contributed by atoms with E-state index in [9.17, 15) is 14.4 Å². The van der Waals surface area contributed by atoms with E-state index >= 15 is 0 Å². The summed E-state index contributed by atoms with van der Waals surface area (Å²) in [5, 5.41) is 3.93. The Morgan fingerprint density at radius 1 is 1.06 bits per heavy atom. The molecule has 7 nitrogen and oxygen atoms in total. The molecule has 1 N–H and O–H groups in total. The van der Waals surface area contributed by atoms with E-state index in [-0.39, 0.29) is 36.6 Å². The van der Waals surface area contributed by atoms with Crippen LogP contribution in [-0.4, -0.2) is 51.7 Å².